The summed E-state index contributed by atoms with van der Waals surface area (Å²) in [5.41, 5.74) is 6.98. The van der Waals surface area contributed by atoms with E-state index in [9.17, 15) is 9.59 Å². The fourth-order valence-corrected chi connectivity index (χ4v) is 1.92. The molecule has 0 aromatic heterocycles. The lowest BCUT2D eigenvalue weighted by atomic mass is 10.1. The summed E-state index contributed by atoms with van der Waals surface area (Å²) in [7, 11) is 0. The summed E-state index contributed by atoms with van der Waals surface area (Å²) in [6.07, 6.45) is 1.21. The summed E-state index contributed by atoms with van der Waals surface area (Å²) < 4.78 is 0. The van der Waals surface area contributed by atoms with E-state index in [4.69, 9.17) is 5.73 Å². The number of hydrogen-bond donors (Lipinski definition) is 3. The molecule has 0 bridgehead atoms. The zero-order valence-electron chi connectivity index (χ0n) is 13.0. The Kier molecular flexibility index (Phi) is 6.88. The maximum absolute atomic E-state index is 11.9. The van der Waals surface area contributed by atoms with Crippen LogP contribution in [0.2, 0.25) is 0 Å². The first-order valence-electron chi connectivity index (χ1n) is 7.37. The Balaban J connectivity index is 2.58. The first kappa shape index (κ1) is 17.2. The van der Waals surface area contributed by atoms with Crippen LogP contribution < -0.4 is 16.4 Å². The van der Waals surface area contributed by atoms with Crippen LogP contribution in [0.25, 0.3) is 0 Å². The maximum Gasteiger partial charge on any atom is 0.228 e. The van der Waals surface area contributed by atoms with E-state index in [0.717, 1.165) is 5.69 Å². The van der Waals surface area contributed by atoms with Crippen LogP contribution in [0.4, 0.5) is 11.4 Å². The summed E-state index contributed by atoms with van der Waals surface area (Å²) in [4.78, 5) is 23.6. The third kappa shape index (κ3) is 5.95. The molecular weight excluding hydrogens is 266 g/mol. The summed E-state index contributed by atoms with van der Waals surface area (Å²) in [6, 6.07) is 7.09. The molecule has 1 unspecified atom stereocenters. The molecule has 0 aliphatic rings. The van der Waals surface area contributed by atoms with Crippen molar-refractivity contribution in [3.63, 3.8) is 0 Å². The molecule has 2 amide bonds. The van der Waals surface area contributed by atoms with E-state index in [1.54, 1.807) is 24.3 Å². The maximum atomic E-state index is 11.9. The Labute approximate surface area is 126 Å². The van der Waals surface area contributed by atoms with Crippen molar-refractivity contribution in [2.24, 2.45) is 17.6 Å². The number of amides is 2. The van der Waals surface area contributed by atoms with Gasteiger partial charge in [-0.1, -0.05) is 20.8 Å². The van der Waals surface area contributed by atoms with Gasteiger partial charge in [0, 0.05) is 24.3 Å². The van der Waals surface area contributed by atoms with Gasteiger partial charge in [0.15, 0.2) is 0 Å². The third-order valence-corrected chi connectivity index (χ3v) is 3.18. The predicted octanol–water partition coefficient (Wildman–Crippen LogP) is 2.59. The monoisotopic (exact) mass is 291 g/mol. The second-order valence-corrected chi connectivity index (χ2v) is 5.55. The molecule has 1 aromatic rings. The van der Waals surface area contributed by atoms with Gasteiger partial charge in [-0.25, -0.2) is 0 Å². The van der Waals surface area contributed by atoms with E-state index in [1.807, 2.05) is 20.8 Å². The van der Waals surface area contributed by atoms with Gasteiger partial charge < -0.3 is 16.4 Å². The molecule has 1 aromatic carbocycles. The molecule has 21 heavy (non-hydrogen) atoms. The van der Waals surface area contributed by atoms with Crippen molar-refractivity contribution in [3.05, 3.63) is 24.3 Å². The van der Waals surface area contributed by atoms with Crippen molar-refractivity contribution in [1.82, 2.24) is 0 Å². The van der Waals surface area contributed by atoms with Crippen molar-refractivity contribution in [3.8, 4) is 0 Å². The molecule has 0 aliphatic heterocycles. The molecule has 0 heterocycles. The van der Waals surface area contributed by atoms with Gasteiger partial charge in [-0.05, 0) is 36.6 Å². The Morgan fingerprint density at radius 2 is 1.62 bits per heavy atom. The number of nitrogens with one attached hydrogen (secondary N) is 2. The fourth-order valence-electron chi connectivity index (χ4n) is 1.92. The van der Waals surface area contributed by atoms with Gasteiger partial charge in [0.25, 0.3) is 0 Å². The first-order valence-corrected chi connectivity index (χ1v) is 7.37. The number of carbonyl (C=O) groups excluding carboxylic acids is 2. The van der Waals surface area contributed by atoms with Crippen LogP contribution in [0.3, 0.4) is 0 Å². The second kappa shape index (κ2) is 8.42. The molecule has 1 atom stereocenters. The third-order valence-electron chi connectivity index (χ3n) is 3.18. The van der Waals surface area contributed by atoms with Crippen LogP contribution in [0.15, 0.2) is 24.3 Å². The Bertz CT molecular complexity index is 465. The number of rotatable bonds is 7. The van der Waals surface area contributed by atoms with Gasteiger partial charge >= 0.3 is 0 Å². The normalized spacial score (nSPS) is 12.0. The molecule has 4 N–H and O–H groups in total. The zero-order chi connectivity index (χ0) is 15.8. The number of benzene rings is 1. The molecule has 0 saturated heterocycles. The largest absolute Gasteiger partial charge is 0.330 e. The van der Waals surface area contributed by atoms with Gasteiger partial charge in [0.05, 0.1) is 5.92 Å². The number of hydrogen-bond acceptors (Lipinski definition) is 3. The number of anilines is 2. The number of carbonyl (C=O) groups is 2. The highest BCUT2D eigenvalue weighted by molar-refractivity contribution is 5.94. The molecule has 0 radical (unpaired) electrons. The molecule has 1 rings (SSSR count). The second-order valence-electron chi connectivity index (χ2n) is 5.55. The van der Waals surface area contributed by atoms with E-state index in [2.05, 4.69) is 10.6 Å². The molecule has 0 saturated carbocycles. The van der Waals surface area contributed by atoms with Crippen LogP contribution in [0.1, 0.15) is 33.6 Å². The zero-order valence-corrected chi connectivity index (χ0v) is 13.0. The summed E-state index contributed by atoms with van der Waals surface area (Å²) in [5, 5.41) is 5.65. The van der Waals surface area contributed by atoms with Gasteiger partial charge in [-0.3, -0.25) is 9.59 Å². The summed E-state index contributed by atoms with van der Waals surface area (Å²) in [6.45, 7) is 6.27. The molecule has 5 heteroatoms. The molecule has 116 valence electrons. The number of nitrogens with two attached hydrogens (primary N) is 1. The SMILES string of the molecule is CCC(CN)C(=O)Nc1ccc(NC(=O)CC(C)C)cc1. The Hall–Kier alpha value is -1.88. The van der Waals surface area contributed by atoms with E-state index in [-0.39, 0.29) is 17.7 Å². The van der Waals surface area contributed by atoms with E-state index in [0.29, 0.717) is 31.0 Å². The summed E-state index contributed by atoms with van der Waals surface area (Å²) in [5.74, 6) is 0.0776. The minimum absolute atomic E-state index is 0.00374. The molecular formula is C16H25N3O2. The van der Waals surface area contributed by atoms with E-state index in [1.165, 1.54) is 0 Å². The molecule has 5 nitrogen and oxygen atoms in total. The van der Waals surface area contributed by atoms with E-state index < -0.39 is 0 Å². The molecule has 0 spiro atoms. The van der Waals surface area contributed by atoms with Crippen LogP contribution in [-0.4, -0.2) is 18.4 Å². The van der Waals surface area contributed by atoms with Gasteiger partial charge in [0.2, 0.25) is 11.8 Å². The average Bonchev–Trinajstić information content (AvgIpc) is 2.41. The van der Waals surface area contributed by atoms with Gasteiger partial charge in [-0.2, -0.15) is 0 Å². The highest BCUT2D eigenvalue weighted by Gasteiger charge is 2.14. The molecule has 0 fully saturated rings. The van der Waals surface area contributed by atoms with Crippen LogP contribution in [0, 0.1) is 11.8 Å². The average molecular weight is 291 g/mol. The van der Waals surface area contributed by atoms with Gasteiger partial charge in [0.1, 0.15) is 0 Å². The highest BCUT2D eigenvalue weighted by atomic mass is 16.2. The lowest BCUT2D eigenvalue weighted by Crippen LogP contribution is -2.28. The standard InChI is InChI=1S/C16H25N3O2/c1-4-12(10-17)16(21)19-14-7-5-13(6-8-14)18-15(20)9-11(2)3/h5-8,11-12H,4,9-10,17H2,1-3H3,(H,18,20)(H,19,21). The van der Waals surface area contributed by atoms with Crippen molar-refractivity contribution in [2.45, 2.75) is 33.6 Å². The highest BCUT2D eigenvalue weighted by Crippen LogP contribution is 2.15. The molecule has 0 aliphatic carbocycles. The van der Waals surface area contributed by atoms with E-state index >= 15 is 0 Å². The van der Waals surface area contributed by atoms with Crippen molar-refractivity contribution < 1.29 is 9.59 Å². The first-order chi connectivity index (χ1) is 9.96. The topological polar surface area (TPSA) is 84.2 Å². The minimum atomic E-state index is -0.171. The predicted molar refractivity (Wildman–Crippen MR) is 86.0 cm³/mol. The van der Waals surface area contributed by atoms with Crippen LogP contribution >= 0.6 is 0 Å². The lowest BCUT2D eigenvalue weighted by molar-refractivity contribution is -0.119. The lowest BCUT2D eigenvalue weighted by Gasteiger charge is -2.13. The Morgan fingerprint density at radius 3 is 2.05 bits per heavy atom. The van der Waals surface area contributed by atoms with Gasteiger partial charge in [-0.15, -0.1) is 0 Å². The van der Waals surface area contributed by atoms with Crippen molar-refractivity contribution >= 4 is 23.2 Å². The Morgan fingerprint density at radius 1 is 1.10 bits per heavy atom. The van der Waals surface area contributed by atoms with Crippen LogP contribution in [0.5, 0.6) is 0 Å². The quantitative estimate of drug-likeness (QED) is 0.722. The van der Waals surface area contributed by atoms with Crippen LogP contribution in [-0.2, 0) is 9.59 Å². The minimum Gasteiger partial charge on any atom is -0.330 e. The van der Waals surface area contributed by atoms with Crippen molar-refractivity contribution in [2.75, 3.05) is 17.2 Å². The fraction of sp³-hybridized carbons (Fsp3) is 0.500. The van der Waals surface area contributed by atoms with Crippen molar-refractivity contribution in [1.29, 1.82) is 0 Å². The smallest absolute Gasteiger partial charge is 0.228 e. The summed E-state index contributed by atoms with van der Waals surface area (Å²) >= 11 is 0.